The van der Waals surface area contributed by atoms with Gasteiger partial charge in [-0.2, -0.15) is 0 Å². The highest BCUT2D eigenvalue weighted by Gasteiger charge is 2.20. The summed E-state index contributed by atoms with van der Waals surface area (Å²) >= 11 is 0. The van der Waals surface area contributed by atoms with Crippen molar-refractivity contribution in [1.29, 1.82) is 0 Å². The number of aliphatic hydroxyl groups is 1. The third-order valence-electron chi connectivity index (χ3n) is 2.32. The lowest BCUT2D eigenvalue weighted by molar-refractivity contribution is -0.147. The molecule has 0 amide bonds. The highest BCUT2D eigenvalue weighted by atomic mass is 16.5. The Balaban J connectivity index is 3.10. The van der Waals surface area contributed by atoms with Crippen LogP contribution in [-0.4, -0.2) is 42.3 Å². The van der Waals surface area contributed by atoms with Crippen LogP contribution in [0.3, 0.4) is 0 Å². The molecule has 5 nitrogen and oxygen atoms in total. The average molecular weight is 239 g/mol. The van der Waals surface area contributed by atoms with E-state index in [1.807, 2.05) is 25.1 Å². The number of hydrogen-bond acceptors (Lipinski definition) is 4. The second kappa shape index (κ2) is 5.65. The smallest absolute Gasteiger partial charge is 0.337 e. The first-order valence-corrected chi connectivity index (χ1v) is 5.18. The molecule has 17 heavy (non-hydrogen) atoms. The number of carboxylic acid groups (broad SMARTS) is 1. The molecule has 0 aromatic heterocycles. The number of rotatable bonds is 5. The zero-order valence-electron chi connectivity index (χ0n) is 10.2. The van der Waals surface area contributed by atoms with Gasteiger partial charge in [0.15, 0.2) is 6.10 Å². The molecule has 0 heterocycles. The van der Waals surface area contributed by atoms with Crippen molar-refractivity contribution in [3.05, 3.63) is 29.3 Å². The Hall–Kier alpha value is -1.59. The second-order valence-electron chi connectivity index (χ2n) is 4.05. The second-order valence-corrected chi connectivity index (χ2v) is 4.05. The van der Waals surface area contributed by atoms with Gasteiger partial charge in [-0.1, -0.05) is 6.07 Å². The highest BCUT2D eigenvalue weighted by Crippen LogP contribution is 2.26. The van der Waals surface area contributed by atoms with Crippen molar-refractivity contribution >= 4 is 5.97 Å². The van der Waals surface area contributed by atoms with Crippen LogP contribution < -0.4 is 4.74 Å². The maximum Gasteiger partial charge on any atom is 0.337 e. The molecular formula is C12H17NO4. The number of methoxy groups -OCH3 is 1. The fourth-order valence-electron chi connectivity index (χ4n) is 1.59. The third-order valence-corrected chi connectivity index (χ3v) is 2.32. The molecule has 1 aromatic carbocycles. The van der Waals surface area contributed by atoms with Crippen LogP contribution in [0.4, 0.5) is 0 Å². The molecule has 1 rings (SSSR count). The molecule has 0 aliphatic heterocycles. The Kier molecular flexibility index (Phi) is 4.48. The number of aliphatic hydroxyl groups excluding tert-OH is 1. The number of nitrogens with zero attached hydrogens (tertiary/aromatic N) is 1. The highest BCUT2D eigenvalue weighted by molar-refractivity contribution is 5.75. The number of carbonyl (C=O) groups is 1. The van der Waals surface area contributed by atoms with E-state index < -0.39 is 12.1 Å². The van der Waals surface area contributed by atoms with Crippen molar-refractivity contribution in [3.63, 3.8) is 0 Å². The molecule has 0 bridgehead atoms. The molecule has 0 saturated heterocycles. The van der Waals surface area contributed by atoms with E-state index in [4.69, 9.17) is 9.84 Å². The summed E-state index contributed by atoms with van der Waals surface area (Å²) in [7, 11) is 5.27. The summed E-state index contributed by atoms with van der Waals surface area (Å²) in [6.07, 6.45) is -1.56. The molecule has 0 spiro atoms. The van der Waals surface area contributed by atoms with Crippen molar-refractivity contribution in [2.24, 2.45) is 0 Å². The van der Waals surface area contributed by atoms with E-state index >= 15 is 0 Å². The third kappa shape index (κ3) is 3.44. The van der Waals surface area contributed by atoms with Gasteiger partial charge in [-0.15, -0.1) is 0 Å². The van der Waals surface area contributed by atoms with Crippen LogP contribution in [0.15, 0.2) is 18.2 Å². The first-order chi connectivity index (χ1) is 7.95. The van der Waals surface area contributed by atoms with E-state index in [0.29, 0.717) is 12.3 Å². The molecule has 1 unspecified atom stereocenters. The fourth-order valence-corrected chi connectivity index (χ4v) is 1.59. The first kappa shape index (κ1) is 13.5. The lowest BCUT2D eigenvalue weighted by Gasteiger charge is -2.15. The van der Waals surface area contributed by atoms with Crippen LogP contribution in [0, 0.1) is 0 Å². The molecule has 1 aromatic rings. The van der Waals surface area contributed by atoms with Crippen molar-refractivity contribution in [2.45, 2.75) is 12.6 Å². The van der Waals surface area contributed by atoms with E-state index in [2.05, 4.69) is 0 Å². The molecule has 0 radical (unpaired) electrons. The van der Waals surface area contributed by atoms with Gasteiger partial charge >= 0.3 is 5.97 Å². The van der Waals surface area contributed by atoms with Gasteiger partial charge in [0, 0.05) is 12.1 Å². The number of hydrogen-bond donors (Lipinski definition) is 2. The van der Waals surface area contributed by atoms with Gasteiger partial charge in [0.05, 0.1) is 7.11 Å². The lowest BCUT2D eigenvalue weighted by Crippen LogP contribution is -2.14. The molecule has 1 atom stereocenters. The van der Waals surface area contributed by atoms with Gasteiger partial charge in [-0.05, 0) is 31.8 Å². The van der Waals surface area contributed by atoms with E-state index in [-0.39, 0.29) is 5.56 Å². The van der Waals surface area contributed by atoms with Crippen LogP contribution in [0.2, 0.25) is 0 Å². The van der Waals surface area contributed by atoms with Crippen LogP contribution in [-0.2, 0) is 11.3 Å². The van der Waals surface area contributed by atoms with Crippen LogP contribution in [0.5, 0.6) is 5.75 Å². The fraction of sp³-hybridized carbons (Fsp3) is 0.417. The Morgan fingerprint density at radius 3 is 2.59 bits per heavy atom. The maximum absolute atomic E-state index is 10.8. The summed E-state index contributed by atoms with van der Waals surface area (Å²) in [4.78, 5) is 12.7. The zero-order chi connectivity index (χ0) is 13.0. The lowest BCUT2D eigenvalue weighted by atomic mass is 10.0. The van der Waals surface area contributed by atoms with Gasteiger partial charge in [-0.25, -0.2) is 4.79 Å². The van der Waals surface area contributed by atoms with E-state index in [0.717, 1.165) is 5.56 Å². The van der Waals surface area contributed by atoms with Gasteiger partial charge in [-0.3, -0.25) is 0 Å². The summed E-state index contributed by atoms with van der Waals surface area (Å²) < 4.78 is 5.04. The van der Waals surface area contributed by atoms with Crippen molar-refractivity contribution < 1.29 is 19.7 Å². The quantitative estimate of drug-likeness (QED) is 0.798. The number of ether oxygens (including phenoxy) is 1. The van der Waals surface area contributed by atoms with Gasteiger partial charge < -0.3 is 19.8 Å². The standard InChI is InChI=1S/C12H17NO4/c1-13(2)7-8-4-5-10(17-3)9(6-8)11(14)12(15)16/h4-6,11,14H,7H2,1-3H3,(H,15,16). The SMILES string of the molecule is COc1ccc(CN(C)C)cc1C(O)C(=O)O. The minimum Gasteiger partial charge on any atom is -0.496 e. The molecule has 94 valence electrons. The molecule has 0 aliphatic rings. The molecule has 0 aliphatic carbocycles. The Morgan fingerprint density at radius 1 is 1.47 bits per heavy atom. The largest absolute Gasteiger partial charge is 0.496 e. The Bertz CT molecular complexity index is 403. The summed E-state index contributed by atoms with van der Waals surface area (Å²) in [5, 5.41) is 18.4. The summed E-state index contributed by atoms with van der Waals surface area (Å²) in [6, 6.07) is 5.16. The van der Waals surface area contributed by atoms with Crippen LogP contribution in [0.1, 0.15) is 17.2 Å². The molecule has 2 N–H and O–H groups in total. The number of aliphatic carboxylic acids is 1. The maximum atomic E-state index is 10.8. The van der Waals surface area contributed by atoms with Gasteiger partial charge in [0.1, 0.15) is 5.75 Å². The van der Waals surface area contributed by atoms with E-state index in [1.54, 1.807) is 12.1 Å². The molecule has 0 fully saturated rings. The Morgan fingerprint density at radius 2 is 2.12 bits per heavy atom. The van der Waals surface area contributed by atoms with E-state index in [1.165, 1.54) is 7.11 Å². The summed E-state index contributed by atoms with van der Waals surface area (Å²) in [5.41, 5.74) is 1.20. The van der Waals surface area contributed by atoms with Crippen molar-refractivity contribution in [3.8, 4) is 5.75 Å². The summed E-state index contributed by atoms with van der Waals surface area (Å²) in [6.45, 7) is 0.670. The first-order valence-electron chi connectivity index (χ1n) is 5.18. The molecule has 5 heteroatoms. The van der Waals surface area contributed by atoms with Crippen LogP contribution >= 0.6 is 0 Å². The number of benzene rings is 1. The van der Waals surface area contributed by atoms with Crippen LogP contribution in [0.25, 0.3) is 0 Å². The average Bonchev–Trinajstić information content (AvgIpc) is 2.27. The minimum absolute atomic E-state index is 0.277. The summed E-state index contributed by atoms with van der Waals surface area (Å²) in [5.74, 6) is -0.910. The van der Waals surface area contributed by atoms with Gasteiger partial charge in [0.2, 0.25) is 0 Å². The Labute approximate surface area is 100 Å². The normalized spacial score (nSPS) is 12.5. The number of carboxylic acids is 1. The van der Waals surface area contributed by atoms with E-state index in [9.17, 15) is 9.90 Å². The van der Waals surface area contributed by atoms with Crippen molar-refractivity contribution in [2.75, 3.05) is 21.2 Å². The topological polar surface area (TPSA) is 70.0 Å². The zero-order valence-corrected chi connectivity index (χ0v) is 10.2. The van der Waals surface area contributed by atoms with Crippen molar-refractivity contribution in [1.82, 2.24) is 4.90 Å². The monoisotopic (exact) mass is 239 g/mol. The van der Waals surface area contributed by atoms with Gasteiger partial charge in [0.25, 0.3) is 0 Å². The molecular weight excluding hydrogens is 222 g/mol. The minimum atomic E-state index is -1.56. The molecule has 0 saturated carbocycles. The predicted molar refractivity (Wildman–Crippen MR) is 63.0 cm³/mol. The predicted octanol–water partition coefficient (Wildman–Crippen LogP) is 0.875.